The molecule has 1 heterocycles. The van der Waals surface area contributed by atoms with Crippen LogP contribution in [0.2, 0.25) is 0 Å². The number of ether oxygens (including phenoxy) is 1. The Labute approximate surface area is 97.2 Å². The fourth-order valence-electron chi connectivity index (χ4n) is 1.22. The van der Waals surface area contributed by atoms with E-state index >= 15 is 0 Å². The van der Waals surface area contributed by atoms with E-state index in [1.165, 1.54) is 0 Å². The van der Waals surface area contributed by atoms with Crippen molar-refractivity contribution in [3.63, 3.8) is 0 Å². The highest BCUT2D eigenvalue weighted by atomic mass is 16.5. The van der Waals surface area contributed by atoms with Gasteiger partial charge in [0, 0.05) is 13.0 Å². The van der Waals surface area contributed by atoms with Crippen molar-refractivity contribution in [1.82, 2.24) is 10.3 Å². The molecule has 0 unspecified atom stereocenters. The number of aromatic nitrogens is 1. The van der Waals surface area contributed by atoms with Crippen LogP contribution in [0.25, 0.3) is 0 Å². The van der Waals surface area contributed by atoms with Gasteiger partial charge in [-0.3, -0.25) is 4.98 Å². The molecule has 0 aliphatic heterocycles. The summed E-state index contributed by atoms with van der Waals surface area (Å²) in [5, 5.41) is 3.22. The number of rotatable bonds is 7. The molecule has 3 heteroatoms. The zero-order valence-corrected chi connectivity index (χ0v) is 9.70. The van der Waals surface area contributed by atoms with Crippen LogP contribution in [0.5, 0.6) is 5.75 Å². The zero-order chi connectivity index (χ0) is 11.6. The van der Waals surface area contributed by atoms with Crippen molar-refractivity contribution in [2.45, 2.75) is 26.3 Å². The molecule has 0 saturated heterocycles. The average Bonchev–Trinajstić information content (AvgIpc) is 2.33. The molecule has 0 aliphatic rings. The maximum atomic E-state index is 5.49. The molecular weight excluding hydrogens is 200 g/mol. The Kier molecular flexibility index (Phi) is 6.05. The van der Waals surface area contributed by atoms with E-state index < -0.39 is 0 Å². The Balaban J connectivity index is 2.31. The van der Waals surface area contributed by atoms with E-state index in [0.29, 0.717) is 6.61 Å². The van der Waals surface area contributed by atoms with Crippen LogP contribution in [-0.2, 0) is 6.54 Å². The van der Waals surface area contributed by atoms with Crippen LogP contribution in [-0.4, -0.2) is 18.1 Å². The molecule has 0 radical (unpaired) electrons. The predicted molar refractivity (Wildman–Crippen MR) is 65.2 cm³/mol. The number of hydrogen-bond acceptors (Lipinski definition) is 3. The monoisotopic (exact) mass is 218 g/mol. The van der Waals surface area contributed by atoms with Crippen LogP contribution < -0.4 is 10.1 Å². The van der Waals surface area contributed by atoms with Crippen molar-refractivity contribution in [3.8, 4) is 18.1 Å². The number of unbranched alkanes of at least 4 members (excludes halogenated alkanes) is 1. The molecule has 0 aliphatic carbocycles. The maximum Gasteiger partial charge on any atom is 0.137 e. The summed E-state index contributed by atoms with van der Waals surface area (Å²) in [6.45, 7) is 4.47. The molecule has 0 spiro atoms. The molecule has 1 N–H and O–H groups in total. The highest BCUT2D eigenvalue weighted by Gasteiger charge is 1.96. The van der Waals surface area contributed by atoms with Crippen molar-refractivity contribution >= 4 is 0 Å². The fourth-order valence-corrected chi connectivity index (χ4v) is 1.22. The summed E-state index contributed by atoms with van der Waals surface area (Å²) in [7, 11) is 0. The molecule has 1 rings (SSSR count). The first-order valence-corrected chi connectivity index (χ1v) is 5.58. The van der Waals surface area contributed by atoms with Gasteiger partial charge >= 0.3 is 0 Å². The van der Waals surface area contributed by atoms with Gasteiger partial charge in [-0.2, -0.15) is 0 Å². The minimum absolute atomic E-state index is 0.651. The van der Waals surface area contributed by atoms with Gasteiger partial charge in [-0.05, 0) is 25.1 Å². The first-order chi connectivity index (χ1) is 7.86. The van der Waals surface area contributed by atoms with Crippen LogP contribution in [0.1, 0.15) is 25.5 Å². The van der Waals surface area contributed by atoms with Crippen molar-refractivity contribution < 1.29 is 4.74 Å². The summed E-state index contributed by atoms with van der Waals surface area (Å²) in [5.74, 6) is 3.39. The molecule has 3 nitrogen and oxygen atoms in total. The second-order valence-corrected chi connectivity index (χ2v) is 3.42. The molecule has 86 valence electrons. The lowest BCUT2D eigenvalue weighted by atomic mass is 10.3. The summed E-state index contributed by atoms with van der Waals surface area (Å²) >= 11 is 0. The summed E-state index contributed by atoms with van der Waals surface area (Å²) in [6, 6.07) is 3.91. The molecule has 0 saturated carbocycles. The van der Waals surface area contributed by atoms with Gasteiger partial charge in [0.1, 0.15) is 5.75 Å². The Bertz CT molecular complexity index is 327. The second-order valence-electron chi connectivity index (χ2n) is 3.42. The Morgan fingerprint density at radius 1 is 1.50 bits per heavy atom. The Morgan fingerprint density at radius 3 is 3.00 bits per heavy atom. The Morgan fingerprint density at radius 2 is 2.38 bits per heavy atom. The Hall–Kier alpha value is -1.53. The zero-order valence-electron chi connectivity index (χ0n) is 9.70. The van der Waals surface area contributed by atoms with Crippen LogP contribution in [0, 0.1) is 12.3 Å². The maximum absolute atomic E-state index is 5.49. The van der Waals surface area contributed by atoms with E-state index in [-0.39, 0.29) is 0 Å². The predicted octanol–water partition coefficient (Wildman–Crippen LogP) is 1.98. The van der Waals surface area contributed by atoms with Gasteiger partial charge in [0.2, 0.25) is 0 Å². The lowest BCUT2D eigenvalue weighted by Crippen LogP contribution is -2.12. The first-order valence-electron chi connectivity index (χ1n) is 5.58. The van der Waals surface area contributed by atoms with Crippen LogP contribution >= 0.6 is 0 Å². The van der Waals surface area contributed by atoms with Gasteiger partial charge in [-0.25, -0.2) is 0 Å². The third kappa shape index (κ3) is 4.81. The normalized spacial score (nSPS) is 9.75. The second kappa shape index (κ2) is 7.72. The third-order valence-corrected chi connectivity index (χ3v) is 2.09. The van der Waals surface area contributed by atoms with E-state index in [2.05, 4.69) is 23.1 Å². The molecule has 1 aromatic rings. The van der Waals surface area contributed by atoms with Crippen molar-refractivity contribution in [1.29, 1.82) is 0 Å². The smallest absolute Gasteiger partial charge is 0.137 e. The van der Waals surface area contributed by atoms with E-state index in [1.54, 1.807) is 6.20 Å². The largest absolute Gasteiger partial charge is 0.492 e. The van der Waals surface area contributed by atoms with E-state index in [9.17, 15) is 0 Å². The molecule has 0 atom stereocenters. The lowest BCUT2D eigenvalue weighted by Gasteiger charge is -2.05. The van der Waals surface area contributed by atoms with E-state index in [0.717, 1.165) is 37.4 Å². The highest BCUT2D eigenvalue weighted by molar-refractivity contribution is 5.19. The molecule has 0 bridgehead atoms. The molecule has 1 aromatic heterocycles. The topological polar surface area (TPSA) is 34.1 Å². The van der Waals surface area contributed by atoms with E-state index in [1.807, 2.05) is 12.1 Å². The number of hydrogen-bond donors (Lipinski definition) is 1. The van der Waals surface area contributed by atoms with Crippen LogP contribution in [0.15, 0.2) is 18.3 Å². The molecule has 16 heavy (non-hydrogen) atoms. The highest BCUT2D eigenvalue weighted by Crippen LogP contribution is 2.09. The van der Waals surface area contributed by atoms with Gasteiger partial charge in [0.15, 0.2) is 0 Å². The van der Waals surface area contributed by atoms with Gasteiger partial charge in [0.25, 0.3) is 0 Å². The van der Waals surface area contributed by atoms with Crippen molar-refractivity contribution in [2.24, 2.45) is 0 Å². The SMILES string of the molecule is C#CCCCOc1ccc(CNCC)nc1. The molecule has 0 amide bonds. The average molecular weight is 218 g/mol. The number of terminal acetylenes is 1. The fraction of sp³-hybridized carbons (Fsp3) is 0.462. The molecule has 0 fully saturated rings. The van der Waals surface area contributed by atoms with Gasteiger partial charge in [-0.15, -0.1) is 12.3 Å². The van der Waals surface area contributed by atoms with Gasteiger partial charge in [-0.1, -0.05) is 6.92 Å². The quantitative estimate of drug-likeness (QED) is 0.561. The number of pyridine rings is 1. The van der Waals surface area contributed by atoms with Gasteiger partial charge in [0.05, 0.1) is 18.5 Å². The first kappa shape index (κ1) is 12.5. The molecule has 0 aromatic carbocycles. The summed E-state index contributed by atoms with van der Waals surface area (Å²) in [6.07, 6.45) is 8.54. The number of nitrogens with one attached hydrogen (secondary N) is 1. The lowest BCUT2D eigenvalue weighted by molar-refractivity contribution is 0.311. The van der Waals surface area contributed by atoms with Crippen molar-refractivity contribution in [3.05, 3.63) is 24.0 Å². The standard InChI is InChI=1S/C13H18N2O/c1-3-5-6-9-16-13-8-7-12(15-11-13)10-14-4-2/h1,7-8,11,14H,4-6,9-10H2,2H3. The summed E-state index contributed by atoms with van der Waals surface area (Å²) in [5.41, 5.74) is 1.03. The van der Waals surface area contributed by atoms with Crippen molar-refractivity contribution in [2.75, 3.05) is 13.2 Å². The molecular formula is C13H18N2O. The van der Waals surface area contributed by atoms with Crippen LogP contribution in [0.4, 0.5) is 0 Å². The van der Waals surface area contributed by atoms with Crippen LogP contribution in [0.3, 0.4) is 0 Å². The summed E-state index contributed by atoms with van der Waals surface area (Å²) in [4.78, 5) is 4.29. The minimum Gasteiger partial charge on any atom is -0.492 e. The van der Waals surface area contributed by atoms with Gasteiger partial charge < -0.3 is 10.1 Å². The minimum atomic E-state index is 0.651. The third-order valence-electron chi connectivity index (χ3n) is 2.09. The summed E-state index contributed by atoms with van der Waals surface area (Å²) < 4.78 is 5.49. The number of nitrogens with zero attached hydrogens (tertiary/aromatic N) is 1. The van der Waals surface area contributed by atoms with E-state index in [4.69, 9.17) is 11.2 Å².